The number of piperazine rings is 1. The van der Waals surface area contributed by atoms with Gasteiger partial charge in [-0.1, -0.05) is 30.1 Å². The Morgan fingerprint density at radius 3 is 2.58 bits per heavy atom. The van der Waals surface area contributed by atoms with Gasteiger partial charge in [0.15, 0.2) is 0 Å². The number of amides is 1. The molecule has 1 aliphatic heterocycles. The number of carbonyl (C=O) groups excluding carboxylic acids is 1. The first kappa shape index (κ1) is 24.2. The third-order valence-corrected chi connectivity index (χ3v) is 6.95. The summed E-state index contributed by atoms with van der Waals surface area (Å²) in [6.45, 7) is 7.22. The van der Waals surface area contributed by atoms with Crippen molar-refractivity contribution in [1.82, 2.24) is 15.1 Å². The SMILES string of the molecule is CCSc1ccc(Cl)cc1CNC(=O)c1cc(Cl)c(CN2CCN(C)CC2)c(OC)c1. The molecule has 0 aromatic heterocycles. The molecule has 0 saturated carbocycles. The number of hydrogen-bond donors (Lipinski definition) is 1. The predicted octanol–water partition coefficient (Wildman–Crippen LogP) is 4.79. The van der Waals surface area contributed by atoms with Gasteiger partial charge >= 0.3 is 0 Å². The minimum atomic E-state index is -0.196. The highest BCUT2D eigenvalue weighted by molar-refractivity contribution is 7.99. The number of hydrogen-bond acceptors (Lipinski definition) is 5. The molecular formula is C23H29Cl2N3O2S. The number of rotatable bonds is 8. The van der Waals surface area contributed by atoms with Gasteiger partial charge in [0.25, 0.3) is 5.91 Å². The van der Waals surface area contributed by atoms with E-state index in [0.29, 0.717) is 34.4 Å². The van der Waals surface area contributed by atoms with Crippen LogP contribution in [0.4, 0.5) is 0 Å². The van der Waals surface area contributed by atoms with Gasteiger partial charge in [0.1, 0.15) is 5.75 Å². The molecule has 2 aromatic carbocycles. The zero-order valence-electron chi connectivity index (χ0n) is 18.2. The van der Waals surface area contributed by atoms with Crippen molar-refractivity contribution in [2.75, 3.05) is 46.1 Å². The number of likely N-dealkylation sites (N-methyl/N-ethyl adjacent to an activating group) is 1. The van der Waals surface area contributed by atoms with Crippen LogP contribution in [0.5, 0.6) is 5.75 Å². The fourth-order valence-corrected chi connectivity index (χ4v) is 4.82. The van der Waals surface area contributed by atoms with Crippen molar-refractivity contribution in [2.45, 2.75) is 24.9 Å². The summed E-state index contributed by atoms with van der Waals surface area (Å²) in [6.07, 6.45) is 0. The first-order valence-corrected chi connectivity index (χ1v) is 12.1. The molecule has 0 bridgehead atoms. The zero-order valence-corrected chi connectivity index (χ0v) is 20.5. The number of nitrogens with zero attached hydrogens (tertiary/aromatic N) is 2. The fourth-order valence-electron chi connectivity index (χ4n) is 3.57. The van der Waals surface area contributed by atoms with Gasteiger partial charge in [-0.05, 0) is 48.7 Å². The van der Waals surface area contributed by atoms with Gasteiger partial charge in [0.2, 0.25) is 0 Å². The molecule has 2 aromatic rings. The van der Waals surface area contributed by atoms with Gasteiger partial charge in [-0.2, -0.15) is 0 Å². The highest BCUT2D eigenvalue weighted by atomic mass is 35.5. The summed E-state index contributed by atoms with van der Waals surface area (Å²) >= 11 is 14.5. The van der Waals surface area contributed by atoms with Gasteiger partial charge < -0.3 is 15.0 Å². The molecule has 1 amide bonds. The molecule has 31 heavy (non-hydrogen) atoms. The first-order chi connectivity index (χ1) is 14.9. The quantitative estimate of drug-likeness (QED) is 0.549. The molecule has 3 rings (SSSR count). The van der Waals surface area contributed by atoms with E-state index in [2.05, 4.69) is 29.1 Å². The number of halogens is 2. The van der Waals surface area contributed by atoms with Gasteiger partial charge in [-0.15, -0.1) is 11.8 Å². The van der Waals surface area contributed by atoms with Gasteiger partial charge in [-0.25, -0.2) is 0 Å². The van der Waals surface area contributed by atoms with E-state index in [0.717, 1.165) is 48.0 Å². The van der Waals surface area contributed by atoms with Crippen LogP contribution < -0.4 is 10.1 Å². The van der Waals surface area contributed by atoms with E-state index in [4.69, 9.17) is 27.9 Å². The zero-order chi connectivity index (χ0) is 22.4. The average Bonchev–Trinajstić information content (AvgIpc) is 2.76. The molecule has 0 aliphatic carbocycles. The normalized spacial score (nSPS) is 15.1. The standard InChI is InChI=1S/C23H29Cl2N3O2S/c1-4-31-22-6-5-18(24)11-17(22)14-26-23(29)16-12-20(25)19(21(13-16)30-3)15-28-9-7-27(2)8-10-28/h5-6,11-13H,4,7-10,14-15H2,1-3H3,(H,26,29). The Labute approximate surface area is 199 Å². The van der Waals surface area contributed by atoms with Gasteiger partial charge in [0, 0.05) is 65.3 Å². The van der Waals surface area contributed by atoms with E-state index in [1.165, 1.54) is 0 Å². The summed E-state index contributed by atoms with van der Waals surface area (Å²) in [6, 6.07) is 9.25. The summed E-state index contributed by atoms with van der Waals surface area (Å²) < 4.78 is 5.59. The number of carbonyl (C=O) groups is 1. The molecule has 1 heterocycles. The Kier molecular flexibility index (Phi) is 8.93. The van der Waals surface area contributed by atoms with Crippen LogP contribution in [0.3, 0.4) is 0 Å². The average molecular weight is 482 g/mol. The number of methoxy groups -OCH3 is 1. The summed E-state index contributed by atoms with van der Waals surface area (Å²) in [5, 5.41) is 4.19. The number of thioether (sulfide) groups is 1. The largest absolute Gasteiger partial charge is 0.496 e. The Hall–Kier alpha value is -1.44. The molecule has 1 fully saturated rings. The lowest BCUT2D eigenvalue weighted by atomic mass is 10.1. The van der Waals surface area contributed by atoms with E-state index in [1.54, 1.807) is 31.0 Å². The van der Waals surface area contributed by atoms with Crippen molar-refractivity contribution >= 4 is 40.9 Å². The molecule has 5 nitrogen and oxygen atoms in total. The molecule has 0 unspecified atom stereocenters. The molecule has 8 heteroatoms. The van der Waals surface area contributed by atoms with E-state index in [9.17, 15) is 4.79 Å². The third-order valence-electron chi connectivity index (χ3n) is 5.38. The van der Waals surface area contributed by atoms with Crippen molar-refractivity contribution in [3.05, 3.63) is 57.1 Å². The minimum absolute atomic E-state index is 0.196. The van der Waals surface area contributed by atoms with Gasteiger partial charge in [-0.3, -0.25) is 9.69 Å². The molecule has 1 N–H and O–H groups in total. The van der Waals surface area contributed by atoms with Crippen LogP contribution in [0.15, 0.2) is 35.2 Å². The molecule has 1 aliphatic rings. The second kappa shape index (κ2) is 11.4. The van der Waals surface area contributed by atoms with Crippen LogP contribution in [0.1, 0.15) is 28.4 Å². The van der Waals surface area contributed by atoms with Crippen LogP contribution in [0, 0.1) is 0 Å². The van der Waals surface area contributed by atoms with Crippen LogP contribution >= 0.6 is 35.0 Å². The van der Waals surface area contributed by atoms with Crippen molar-refractivity contribution in [3.8, 4) is 5.75 Å². The Bertz CT molecular complexity index is 918. The number of benzene rings is 2. The van der Waals surface area contributed by atoms with Crippen LogP contribution in [-0.2, 0) is 13.1 Å². The van der Waals surface area contributed by atoms with Crippen LogP contribution in [0.25, 0.3) is 0 Å². The highest BCUT2D eigenvalue weighted by Gasteiger charge is 2.20. The van der Waals surface area contributed by atoms with Gasteiger partial charge in [0.05, 0.1) is 7.11 Å². The third kappa shape index (κ3) is 6.53. The number of ether oxygens (including phenoxy) is 1. The maximum atomic E-state index is 12.8. The Morgan fingerprint density at radius 1 is 1.16 bits per heavy atom. The van der Waals surface area contributed by atoms with Crippen molar-refractivity contribution in [3.63, 3.8) is 0 Å². The summed E-state index contributed by atoms with van der Waals surface area (Å²) in [4.78, 5) is 18.6. The molecule has 1 saturated heterocycles. The van der Waals surface area contributed by atoms with E-state index >= 15 is 0 Å². The lowest BCUT2D eigenvalue weighted by molar-refractivity contribution is 0.0950. The van der Waals surface area contributed by atoms with Crippen LogP contribution in [0.2, 0.25) is 10.0 Å². The Morgan fingerprint density at radius 2 is 1.90 bits per heavy atom. The van der Waals surface area contributed by atoms with E-state index in [1.807, 2.05) is 18.2 Å². The second-order valence-corrected chi connectivity index (χ2v) is 9.74. The molecule has 0 radical (unpaired) electrons. The molecule has 0 spiro atoms. The van der Waals surface area contributed by atoms with Crippen molar-refractivity contribution in [1.29, 1.82) is 0 Å². The lowest BCUT2D eigenvalue weighted by Crippen LogP contribution is -2.43. The number of nitrogens with one attached hydrogen (secondary N) is 1. The summed E-state index contributed by atoms with van der Waals surface area (Å²) in [7, 11) is 3.74. The van der Waals surface area contributed by atoms with E-state index in [-0.39, 0.29) is 5.91 Å². The van der Waals surface area contributed by atoms with Crippen LogP contribution in [-0.4, -0.2) is 61.8 Å². The van der Waals surface area contributed by atoms with Crippen molar-refractivity contribution in [2.24, 2.45) is 0 Å². The topological polar surface area (TPSA) is 44.8 Å². The minimum Gasteiger partial charge on any atom is -0.496 e. The Balaban J connectivity index is 1.72. The lowest BCUT2D eigenvalue weighted by Gasteiger charge is -2.32. The predicted molar refractivity (Wildman–Crippen MR) is 130 cm³/mol. The van der Waals surface area contributed by atoms with Crippen molar-refractivity contribution < 1.29 is 9.53 Å². The first-order valence-electron chi connectivity index (χ1n) is 10.4. The smallest absolute Gasteiger partial charge is 0.251 e. The highest BCUT2D eigenvalue weighted by Crippen LogP contribution is 2.31. The molecular weight excluding hydrogens is 453 g/mol. The molecule has 168 valence electrons. The molecule has 0 atom stereocenters. The monoisotopic (exact) mass is 481 g/mol. The maximum Gasteiger partial charge on any atom is 0.251 e. The maximum absolute atomic E-state index is 12.8. The summed E-state index contributed by atoms with van der Waals surface area (Å²) in [5.41, 5.74) is 2.40. The second-order valence-electron chi connectivity index (χ2n) is 7.59. The summed E-state index contributed by atoms with van der Waals surface area (Å²) in [5.74, 6) is 1.39. The van der Waals surface area contributed by atoms with E-state index < -0.39 is 0 Å². The fraction of sp³-hybridized carbons (Fsp3) is 0.435.